The normalized spacial score (nSPS) is 17.5. The maximum Gasteiger partial charge on any atom is 0.267 e. The van der Waals surface area contributed by atoms with E-state index in [-0.39, 0.29) is 11.8 Å². The number of carbonyl (C=O) groups is 2. The molecular formula is C14H16N2O3. The van der Waals surface area contributed by atoms with Gasteiger partial charge in [0, 0.05) is 19.2 Å². The minimum Gasteiger partial charge on any atom is -0.479 e. The van der Waals surface area contributed by atoms with Gasteiger partial charge in [-0.2, -0.15) is 0 Å². The second-order valence-corrected chi connectivity index (χ2v) is 4.34. The fourth-order valence-corrected chi connectivity index (χ4v) is 1.92. The summed E-state index contributed by atoms with van der Waals surface area (Å²) in [6.07, 6.45) is 1.11. The van der Waals surface area contributed by atoms with Crippen molar-refractivity contribution in [2.45, 2.75) is 13.0 Å². The van der Waals surface area contributed by atoms with Crippen LogP contribution in [-0.2, 0) is 4.79 Å². The lowest BCUT2D eigenvalue weighted by Crippen LogP contribution is -2.42. The summed E-state index contributed by atoms with van der Waals surface area (Å²) < 4.78 is 5.49. The Morgan fingerprint density at radius 1 is 1.58 bits per heavy atom. The van der Waals surface area contributed by atoms with Crippen molar-refractivity contribution < 1.29 is 14.3 Å². The number of ether oxygens (including phenoxy) is 1. The fraction of sp³-hybridized carbons (Fsp3) is 0.286. The lowest BCUT2D eigenvalue weighted by molar-refractivity contribution is -0.125. The summed E-state index contributed by atoms with van der Waals surface area (Å²) in [6, 6.07) is 5.03. The summed E-state index contributed by atoms with van der Waals surface area (Å²) in [6.45, 7) is 5.64. The molecule has 0 spiro atoms. The third-order valence-corrected chi connectivity index (χ3v) is 2.97. The number of likely N-dealkylation sites (N-methyl/N-ethyl adjacent to an activating group) is 1. The highest BCUT2D eigenvalue weighted by Gasteiger charge is 2.29. The second-order valence-electron chi connectivity index (χ2n) is 4.34. The number of nitrogens with zero attached hydrogens (tertiary/aromatic N) is 1. The Morgan fingerprint density at radius 3 is 3.00 bits per heavy atom. The van der Waals surface area contributed by atoms with Gasteiger partial charge in [0.1, 0.15) is 5.75 Å². The van der Waals surface area contributed by atoms with E-state index in [2.05, 4.69) is 11.9 Å². The number of hydrogen-bond acceptors (Lipinski definition) is 3. The number of rotatable bonds is 3. The zero-order chi connectivity index (χ0) is 14.0. The largest absolute Gasteiger partial charge is 0.479 e. The highest BCUT2D eigenvalue weighted by Crippen LogP contribution is 2.33. The SMILES string of the molecule is C=CCNC(=O)c1ccc2c(c1)N(C)C(=O)C(C)O2. The lowest BCUT2D eigenvalue weighted by Gasteiger charge is -2.30. The molecule has 2 rings (SSSR count). The Morgan fingerprint density at radius 2 is 2.32 bits per heavy atom. The van der Waals surface area contributed by atoms with Crippen LogP contribution in [0.5, 0.6) is 5.75 Å². The van der Waals surface area contributed by atoms with E-state index < -0.39 is 6.10 Å². The van der Waals surface area contributed by atoms with E-state index in [4.69, 9.17) is 4.74 Å². The third kappa shape index (κ3) is 2.45. The van der Waals surface area contributed by atoms with Gasteiger partial charge in [0.2, 0.25) is 0 Å². The van der Waals surface area contributed by atoms with Crippen molar-refractivity contribution in [3.8, 4) is 5.75 Å². The van der Waals surface area contributed by atoms with Gasteiger partial charge in [0.05, 0.1) is 5.69 Å². The average Bonchev–Trinajstić information content (AvgIpc) is 2.42. The Balaban J connectivity index is 2.31. The number of benzene rings is 1. The maximum atomic E-state index is 11.8. The Hall–Kier alpha value is -2.30. The van der Waals surface area contributed by atoms with Crippen LogP contribution in [0.4, 0.5) is 5.69 Å². The summed E-state index contributed by atoms with van der Waals surface area (Å²) in [5.41, 5.74) is 1.09. The zero-order valence-corrected chi connectivity index (χ0v) is 11.0. The molecule has 0 saturated carbocycles. The molecule has 0 fully saturated rings. The van der Waals surface area contributed by atoms with Crippen molar-refractivity contribution in [2.75, 3.05) is 18.5 Å². The minimum atomic E-state index is -0.502. The van der Waals surface area contributed by atoms with Crippen molar-refractivity contribution in [3.05, 3.63) is 36.4 Å². The van der Waals surface area contributed by atoms with E-state index in [1.807, 2.05) is 0 Å². The first-order valence-electron chi connectivity index (χ1n) is 6.02. The highest BCUT2D eigenvalue weighted by atomic mass is 16.5. The van der Waals surface area contributed by atoms with Gasteiger partial charge < -0.3 is 15.0 Å². The molecule has 100 valence electrons. The molecule has 5 heteroatoms. The van der Waals surface area contributed by atoms with Crippen molar-refractivity contribution in [1.82, 2.24) is 5.32 Å². The van der Waals surface area contributed by atoms with E-state index in [1.54, 1.807) is 38.2 Å². The molecule has 0 bridgehead atoms. The number of carbonyl (C=O) groups excluding carboxylic acids is 2. The minimum absolute atomic E-state index is 0.129. The number of nitrogens with one attached hydrogen (secondary N) is 1. The average molecular weight is 260 g/mol. The van der Waals surface area contributed by atoms with Crippen molar-refractivity contribution in [1.29, 1.82) is 0 Å². The molecule has 0 aliphatic carbocycles. The standard InChI is InChI=1S/C14H16N2O3/c1-4-7-15-13(17)10-5-6-12-11(8-10)16(3)14(18)9(2)19-12/h4-6,8-9H,1,7H2,2-3H3,(H,15,17). The number of hydrogen-bond donors (Lipinski definition) is 1. The monoisotopic (exact) mass is 260 g/mol. The number of anilines is 1. The van der Waals surface area contributed by atoms with Gasteiger partial charge in [-0.1, -0.05) is 6.08 Å². The summed E-state index contributed by atoms with van der Waals surface area (Å²) in [5, 5.41) is 2.69. The molecule has 1 aliphatic rings. The van der Waals surface area contributed by atoms with Gasteiger partial charge in [-0.25, -0.2) is 0 Å². The van der Waals surface area contributed by atoms with Gasteiger partial charge in [0.15, 0.2) is 6.10 Å². The molecule has 0 aromatic heterocycles. The van der Waals surface area contributed by atoms with E-state index in [0.717, 1.165) is 0 Å². The van der Waals surface area contributed by atoms with Gasteiger partial charge in [-0.15, -0.1) is 6.58 Å². The van der Waals surface area contributed by atoms with Crippen LogP contribution in [0.25, 0.3) is 0 Å². The van der Waals surface area contributed by atoms with Crippen LogP contribution >= 0.6 is 0 Å². The molecular weight excluding hydrogens is 244 g/mol. The van der Waals surface area contributed by atoms with Crippen molar-refractivity contribution >= 4 is 17.5 Å². The first-order valence-corrected chi connectivity index (χ1v) is 6.02. The third-order valence-electron chi connectivity index (χ3n) is 2.97. The van der Waals surface area contributed by atoms with Crippen LogP contribution in [-0.4, -0.2) is 31.5 Å². The molecule has 1 N–H and O–H groups in total. The topological polar surface area (TPSA) is 58.6 Å². The fourth-order valence-electron chi connectivity index (χ4n) is 1.92. The van der Waals surface area contributed by atoms with E-state index >= 15 is 0 Å². The molecule has 1 unspecified atom stereocenters. The lowest BCUT2D eigenvalue weighted by atomic mass is 10.1. The van der Waals surface area contributed by atoms with Crippen LogP contribution in [0, 0.1) is 0 Å². The van der Waals surface area contributed by atoms with Gasteiger partial charge >= 0.3 is 0 Å². The molecule has 2 amide bonds. The molecule has 1 atom stereocenters. The molecule has 1 aromatic rings. The smallest absolute Gasteiger partial charge is 0.267 e. The Kier molecular flexibility index (Phi) is 3.55. The van der Waals surface area contributed by atoms with Crippen LogP contribution < -0.4 is 15.0 Å². The Labute approximate surface area is 111 Å². The van der Waals surface area contributed by atoms with Gasteiger partial charge in [-0.05, 0) is 25.1 Å². The predicted molar refractivity (Wildman–Crippen MR) is 72.5 cm³/mol. The van der Waals surface area contributed by atoms with E-state index in [0.29, 0.717) is 23.5 Å². The van der Waals surface area contributed by atoms with Gasteiger partial charge in [0.25, 0.3) is 11.8 Å². The second kappa shape index (κ2) is 5.14. The molecule has 1 aliphatic heterocycles. The predicted octanol–water partition coefficient (Wildman–Crippen LogP) is 1.35. The Bertz CT molecular complexity index is 539. The molecule has 0 radical (unpaired) electrons. The maximum absolute atomic E-state index is 11.8. The zero-order valence-electron chi connectivity index (χ0n) is 11.0. The van der Waals surface area contributed by atoms with Crippen LogP contribution in [0.2, 0.25) is 0 Å². The molecule has 1 heterocycles. The van der Waals surface area contributed by atoms with E-state index in [1.165, 1.54) is 4.90 Å². The van der Waals surface area contributed by atoms with Crippen LogP contribution in [0.3, 0.4) is 0 Å². The molecule has 1 aromatic carbocycles. The van der Waals surface area contributed by atoms with Crippen LogP contribution in [0.1, 0.15) is 17.3 Å². The summed E-state index contributed by atoms with van der Waals surface area (Å²) in [5.74, 6) is 0.271. The van der Waals surface area contributed by atoms with E-state index in [9.17, 15) is 9.59 Å². The molecule has 19 heavy (non-hydrogen) atoms. The first-order chi connectivity index (χ1) is 9.04. The van der Waals surface area contributed by atoms with Crippen molar-refractivity contribution in [3.63, 3.8) is 0 Å². The van der Waals surface area contributed by atoms with Crippen LogP contribution in [0.15, 0.2) is 30.9 Å². The summed E-state index contributed by atoms with van der Waals surface area (Å²) in [4.78, 5) is 25.2. The van der Waals surface area contributed by atoms with Crippen molar-refractivity contribution in [2.24, 2.45) is 0 Å². The van der Waals surface area contributed by atoms with Gasteiger partial charge in [-0.3, -0.25) is 9.59 Å². The summed E-state index contributed by atoms with van der Waals surface area (Å²) >= 11 is 0. The number of fused-ring (bicyclic) bond motifs is 1. The number of amides is 2. The molecule has 0 saturated heterocycles. The molecule has 5 nitrogen and oxygen atoms in total. The highest BCUT2D eigenvalue weighted by molar-refractivity contribution is 6.02. The summed E-state index contributed by atoms with van der Waals surface area (Å²) in [7, 11) is 1.67. The first kappa shape index (κ1) is 13.1. The quantitative estimate of drug-likeness (QED) is 0.834.